The minimum absolute atomic E-state index is 0.245. The molecule has 0 saturated heterocycles. The zero-order chi connectivity index (χ0) is 13.1. The summed E-state index contributed by atoms with van der Waals surface area (Å²) in [5, 5.41) is 8.77. The minimum atomic E-state index is -0.478. The molecular weight excluding hydrogens is 229 g/mol. The fraction of sp³-hybridized carbons (Fsp3) is 0.133. The minimum Gasteiger partial charge on any atom is -0.457 e. The van der Waals surface area contributed by atoms with Crippen molar-refractivity contribution in [3.05, 3.63) is 58.9 Å². The van der Waals surface area contributed by atoms with Gasteiger partial charge in [-0.2, -0.15) is 5.26 Å². The summed E-state index contributed by atoms with van der Waals surface area (Å²) in [4.78, 5) is 0. The van der Waals surface area contributed by atoms with E-state index in [4.69, 9.17) is 10.00 Å². The molecule has 0 aliphatic carbocycles. The maximum absolute atomic E-state index is 13.3. The third-order valence-electron chi connectivity index (χ3n) is 2.56. The van der Waals surface area contributed by atoms with Crippen LogP contribution >= 0.6 is 0 Å². The first-order valence-electron chi connectivity index (χ1n) is 5.54. The number of nitriles is 1. The fourth-order valence-electron chi connectivity index (χ4n) is 1.73. The molecule has 2 aromatic carbocycles. The Hall–Kier alpha value is -2.34. The first-order chi connectivity index (χ1) is 8.58. The zero-order valence-corrected chi connectivity index (χ0v) is 10.2. The molecule has 0 aliphatic rings. The Morgan fingerprint density at radius 3 is 2.56 bits per heavy atom. The Kier molecular flexibility index (Phi) is 3.29. The van der Waals surface area contributed by atoms with E-state index in [0.29, 0.717) is 11.5 Å². The third-order valence-corrected chi connectivity index (χ3v) is 2.56. The van der Waals surface area contributed by atoms with E-state index in [0.717, 1.165) is 11.1 Å². The van der Waals surface area contributed by atoms with Crippen LogP contribution < -0.4 is 4.74 Å². The van der Waals surface area contributed by atoms with E-state index in [1.807, 2.05) is 38.1 Å². The maximum atomic E-state index is 13.3. The highest BCUT2D eigenvalue weighted by molar-refractivity contribution is 5.42. The monoisotopic (exact) mass is 241 g/mol. The summed E-state index contributed by atoms with van der Waals surface area (Å²) in [5.41, 5.74) is 2.35. The van der Waals surface area contributed by atoms with E-state index in [1.165, 1.54) is 18.2 Å². The lowest BCUT2D eigenvalue weighted by atomic mass is 10.1. The highest BCUT2D eigenvalue weighted by Crippen LogP contribution is 2.26. The normalized spacial score (nSPS) is 9.89. The van der Waals surface area contributed by atoms with Crippen molar-refractivity contribution in [1.82, 2.24) is 0 Å². The highest BCUT2D eigenvalue weighted by atomic mass is 19.1. The molecule has 18 heavy (non-hydrogen) atoms. The SMILES string of the molecule is Cc1ccc(Oc2cc(F)cc(C#N)c2)c(C)c1. The number of ether oxygens (including phenoxy) is 1. The number of benzene rings is 2. The van der Waals surface area contributed by atoms with Gasteiger partial charge in [0.05, 0.1) is 11.6 Å². The fourth-order valence-corrected chi connectivity index (χ4v) is 1.73. The van der Waals surface area contributed by atoms with E-state index >= 15 is 0 Å². The number of hydrogen-bond donors (Lipinski definition) is 0. The lowest BCUT2D eigenvalue weighted by Crippen LogP contribution is -1.90. The van der Waals surface area contributed by atoms with Crippen LogP contribution in [0.4, 0.5) is 4.39 Å². The quantitative estimate of drug-likeness (QED) is 0.792. The molecule has 2 nitrogen and oxygen atoms in total. The van der Waals surface area contributed by atoms with Crippen molar-refractivity contribution >= 4 is 0 Å². The Morgan fingerprint density at radius 1 is 1.11 bits per heavy atom. The van der Waals surface area contributed by atoms with Gasteiger partial charge in [-0.15, -0.1) is 0 Å². The van der Waals surface area contributed by atoms with Gasteiger partial charge in [0.2, 0.25) is 0 Å². The Morgan fingerprint density at radius 2 is 1.89 bits per heavy atom. The molecule has 0 radical (unpaired) electrons. The molecule has 0 aliphatic heterocycles. The van der Waals surface area contributed by atoms with Crippen molar-refractivity contribution < 1.29 is 9.13 Å². The van der Waals surface area contributed by atoms with Crippen LogP contribution in [0, 0.1) is 31.0 Å². The second-order valence-corrected chi connectivity index (χ2v) is 4.16. The van der Waals surface area contributed by atoms with Crippen molar-refractivity contribution in [2.24, 2.45) is 0 Å². The van der Waals surface area contributed by atoms with Crippen molar-refractivity contribution in [3.8, 4) is 17.6 Å². The standard InChI is InChI=1S/C15H12FNO/c1-10-3-4-15(11(2)5-10)18-14-7-12(9-17)6-13(16)8-14/h3-8H,1-2H3. The molecule has 2 rings (SSSR count). The van der Waals surface area contributed by atoms with Crippen LogP contribution in [0.1, 0.15) is 16.7 Å². The second kappa shape index (κ2) is 4.89. The summed E-state index contributed by atoms with van der Waals surface area (Å²) in [6.07, 6.45) is 0. The van der Waals surface area contributed by atoms with Crippen molar-refractivity contribution in [2.45, 2.75) is 13.8 Å². The molecule has 0 amide bonds. The van der Waals surface area contributed by atoms with Crippen molar-refractivity contribution in [2.75, 3.05) is 0 Å². The van der Waals surface area contributed by atoms with Crippen LogP contribution in [0.2, 0.25) is 0 Å². The predicted molar refractivity (Wildman–Crippen MR) is 67.1 cm³/mol. The van der Waals surface area contributed by atoms with E-state index in [1.54, 1.807) is 0 Å². The Bertz CT molecular complexity index is 629. The number of nitrogens with zero attached hydrogens (tertiary/aromatic N) is 1. The maximum Gasteiger partial charge on any atom is 0.131 e. The lowest BCUT2D eigenvalue weighted by molar-refractivity contribution is 0.473. The van der Waals surface area contributed by atoms with Crippen molar-refractivity contribution in [3.63, 3.8) is 0 Å². The van der Waals surface area contributed by atoms with E-state index in [9.17, 15) is 4.39 Å². The molecule has 0 aromatic heterocycles. The third kappa shape index (κ3) is 2.67. The summed E-state index contributed by atoms with van der Waals surface area (Å²) in [5.74, 6) is 0.516. The van der Waals surface area contributed by atoms with Crippen molar-refractivity contribution in [1.29, 1.82) is 5.26 Å². The Balaban J connectivity index is 2.34. The summed E-state index contributed by atoms with van der Waals surface area (Å²) in [6, 6.07) is 11.6. The lowest BCUT2D eigenvalue weighted by Gasteiger charge is -2.09. The second-order valence-electron chi connectivity index (χ2n) is 4.16. The average Bonchev–Trinajstić information content (AvgIpc) is 2.32. The van der Waals surface area contributed by atoms with Gasteiger partial charge in [0, 0.05) is 6.07 Å². The molecule has 0 bridgehead atoms. The number of aryl methyl sites for hydroxylation is 2. The predicted octanol–water partition coefficient (Wildman–Crippen LogP) is 4.11. The largest absolute Gasteiger partial charge is 0.457 e. The first-order valence-corrected chi connectivity index (χ1v) is 5.54. The van der Waals surface area contributed by atoms with E-state index in [2.05, 4.69) is 0 Å². The molecule has 2 aromatic rings. The molecule has 0 fully saturated rings. The molecule has 0 N–H and O–H groups in total. The van der Waals surface area contributed by atoms with Gasteiger partial charge in [0.15, 0.2) is 0 Å². The van der Waals surface area contributed by atoms with Gasteiger partial charge in [-0.3, -0.25) is 0 Å². The van der Waals surface area contributed by atoms with Crippen LogP contribution in [0.15, 0.2) is 36.4 Å². The molecule has 0 spiro atoms. The highest BCUT2D eigenvalue weighted by Gasteiger charge is 2.05. The van der Waals surface area contributed by atoms with Gasteiger partial charge < -0.3 is 4.74 Å². The molecule has 3 heteroatoms. The summed E-state index contributed by atoms with van der Waals surface area (Å²) < 4.78 is 18.8. The summed E-state index contributed by atoms with van der Waals surface area (Å²) in [7, 11) is 0. The molecule has 0 unspecified atom stereocenters. The van der Waals surface area contributed by atoms with Gasteiger partial charge in [0.1, 0.15) is 17.3 Å². The van der Waals surface area contributed by atoms with Gasteiger partial charge in [-0.05, 0) is 37.6 Å². The molecule has 0 heterocycles. The first kappa shape index (κ1) is 12.1. The van der Waals surface area contributed by atoms with E-state index in [-0.39, 0.29) is 5.56 Å². The van der Waals surface area contributed by atoms with Crippen LogP contribution in [-0.4, -0.2) is 0 Å². The summed E-state index contributed by atoms with van der Waals surface area (Å²) >= 11 is 0. The number of hydrogen-bond acceptors (Lipinski definition) is 2. The van der Waals surface area contributed by atoms with Crippen LogP contribution in [-0.2, 0) is 0 Å². The molecule has 90 valence electrons. The molecular formula is C15H12FNO. The molecule has 0 atom stereocenters. The Labute approximate surface area is 105 Å². The average molecular weight is 241 g/mol. The topological polar surface area (TPSA) is 33.0 Å². The van der Waals surface area contributed by atoms with Gasteiger partial charge in [-0.25, -0.2) is 4.39 Å². The number of rotatable bonds is 2. The van der Waals surface area contributed by atoms with Crippen LogP contribution in [0.5, 0.6) is 11.5 Å². The number of halogens is 1. The van der Waals surface area contributed by atoms with Gasteiger partial charge >= 0.3 is 0 Å². The van der Waals surface area contributed by atoms with Crippen LogP contribution in [0.3, 0.4) is 0 Å². The van der Waals surface area contributed by atoms with Crippen LogP contribution in [0.25, 0.3) is 0 Å². The zero-order valence-electron chi connectivity index (χ0n) is 10.2. The summed E-state index contributed by atoms with van der Waals surface area (Å²) in [6.45, 7) is 3.92. The smallest absolute Gasteiger partial charge is 0.131 e. The van der Waals surface area contributed by atoms with Gasteiger partial charge in [-0.1, -0.05) is 17.7 Å². The van der Waals surface area contributed by atoms with E-state index < -0.39 is 5.82 Å². The van der Waals surface area contributed by atoms with Gasteiger partial charge in [0.25, 0.3) is 0 Å². The molecule has 0 saturated carbocycles.